The summed E-state index contributed by atoms with van der Waals surface area (Å²) in [6.45, 7) is 7.26. The lowest BCUT2D eigenvalue weighted by Crippen LogP contribution is -2.41. The van der Waals surface area contributed by atoms with E-state index in [9.17, 15) is 4.79 Å². The molecule has 3 rings (SSSR count). The van der Waals surface area contributed by atoms with E-state index >= 15 is 0 Å². The molecule has 25 heavy (non-hydrogen) atoms. The van der Waals surface area contributed by atoms with Gasteiger partial charge in [0.15, 0.2) is 0 Å². The standard InChI is InChI=1S/C21H25NO3/c1-21(2,3)22-13-18-17(20(22)23)9-6-10-19(18)25-14-15-7-5-8-16(24-4)12-11-15/h5-6,8-12H,7,13-14H2,1-4H3. The van der Waals surface area contributed by atoms with Gasteiger partial charge in [0.1, 0.15) is 18.1 Å². The van der Waals surface area contributed by atoms with Crippen molar-refractivity contribution in [2.75, 3.05) is 13.7 Å². The summed E-state index contributed by atoms with van der Waals surface area (Å²) in [4.78, 5) is 14.5. The molecule has 1 aliphatic carbocycles. The number of amides is 1. The smallest absolute Gasteiger partial charge is 0.255 e. The van der Waals surface area contributed by atoms with Crippen LogP contribution in [0.15, 0.2) is 53.8 Å². The van der Waals surface area contributed by atoms with Crippen LogP contribution in [0, 0.1) is 0 Å². The highest BCUT2D eigenvalue weighted by Crippen LogP contribution is 2.35. The van der Waals surface area contributed by atoms with Gasteiger partial charge in [-0.05, 0) is 57.0 Å². The molecular weight excluding hydrogens is 314 g/mol. The van der Waals surface area contributed by atoms with Gasteiger partial charge in [0, 0.05) is 16.7 Å². The number of hydrogen-bond acceptors (Lipinski definition) is 3. The number of benzene rings is 1. The second-order valence-corrected chi connectivity index (χ2v) is 7.34. The predicted octanol–water partition coefficient (Wildman–Crippen LogP) is 4.24. The van der Waals surface area contributed by atoms with Crippen LogP contribution in [0.2, 0.25) is 0 Å². The summed E-state index contributed by atoms with van der Waals surface area (Å²) >= 11 is 0. The first-order valence-electron chi connectivity index (χ1n) is 8.57. The van der Waals surface area contributed by atoms with Crippen LogP contribution in [0.4, 0.5) is 0 Å². The molecule has 1 aromatic rings. The quantitative estimate of drug-likeness (QED) is 0.824. The minimum absolute atomic E-state index is 0.0808. The Kier molecular flexibility index (Phi) is 4.71. The van der Waals surface area contributed by atoms with Crippen LogP contribution < -0.4 is 4.74 Å². The largest absolute Gasteiger partial charge is 0.497 e. The Morgan fingerprint density at radius 2 is 2.00 bits per heavy atom. The molecule has 132 valence electrons. The third kappa shape index (κ3) is 3.63. The zero-order chi connectivity index (χ0) is 18.0. The maximum absolute atomic E-state index is 12.6. The number of carbonyl (C=O) groups excluding carboxylic acids is 1. The van der Waals surface area contributed by atoms with Gasteiger partial charge in [-0.15, -0.1) is 0 Å². The molecule has 0 bridgehead atoms. The zero-order valence-corrected chi connectivity index (χ0v) is 15.3. The van der Waals surface area contributed by atoms with Crippen molar-refractivity contribution in [3.8, 4) is 5.75 Å². The number of hydrogen-bond donors (Lipinski definition) is 0. The molecule has 2 aliphatic rings. The van der Waals surface area contributed by atoms with E-state index in [1.54, 1.807) is 7.11 Å². The third-order valence-electron chi connectivity index (χ3n) is 4.53. The van der Waals surface area contributed by atoms with Crippen molar-refractivity contribution >= 4 is 5.91 Å². The Morgan fingerprint density at radius 3 is 2.72 bits per heavy atom. The topological polar surface area (TPSA) is 38.8 Å². The second-order valence-electron chi connectivity index (χ2n) is 7.34. The fourth-order valence-corrected chi connectivity index (χ4v) is 3.05. The minimum atomic E-state index is -0.205. The van der Waals surface area contributed by atoms with Crippen LogP contribution in [-0.2, 0) is 11.3 Å². The van der Waals surface area contributed by atoms with Gasteiger partial charge in [-0.2, -0.15) is 0 Å². The summed E-state index contributed by atoms with van der Waals surface area (Å²) in [5.41, 5.74) is 2.70. The van der Waals surface area contributed by atoms with Gasteiger partial charge in [-0.3, -0.25) is 4.79 Å². The van der Waals surface area contributed by atoms with Crippen molar-refractivity contribution in [3.05, 3.63) is 65.0 Å². The molecule has 0 fully saturated rings. The molecule has 1 amide bonds. The van der Waals surface area contributed by atoms with Crippen molar-refractivity contribution in [2.24, 2.45) is 0 Å². The fourth-order valence-electron chi connectivity index (χ4n) is 3.05. The molecular formula is C21H25NO3. The monoisotopic (exact) mass is 339 g/mol. The second kappa shape index (κ2) is 6.79. The predicted molar refractivity (Wildman–Crippen MR) is 98.5 cm³/mol. The summed E-state index contributed by atoms with van der Waals surface area (Å²) in [5, 5.41) is 0. The highest BCUT2D eigenvalue weighted by Gasteiger charge is 2.36. The molecule has 0 saturated carbocycles. The summed E-state index contributed by atoms with van der Waals surface area (Å²) in [7, 11) is 1.66. The first-order chi connectivity index (χ1) is 11.9. The Labute approximate surface area is 149 Å². The maximum atomic E-state index is 12.6. The van der Waals surface area contributed by atoms with Crippen LogP contribution in [-0.4, -0.2) is 30.1 Å². The van der Waals surface area contributed by atoms with Gasteiger partial charge in [0.2, 0.25) is 0 Å². The number of carbonyl (C=O) groups is 1. The Bertz CT molecular complexity index is 766. The Morgan fingerprint density at radius 1 is 1.20 bits per heavy atom. The molecule has 4 heteroatoms. The third-order valence-corrected chi connectivity index (χ3v) is 4.53. The van der Waals surface area contributed by atoms with Crippen molar-refractivity contribution in [2.45, 2.75) is 39.3 Å². The lowest BCUT2D eigenvalue weighted by Gasteiger charge is -2.31. The molecule has 0 atom stereocenters. The van der Waals surface area contributed by atoms with Crippen molar-refractivity contribution in [1.29, 1.82) is 0 Å². The van der Waals surface area contributed by atoms with Crippen LogP contribution in [0.25, 0.3) is 0 Å². The van der Waals surface area contributed by atoms with Crippen molar-refractivity contribution in [1.82, 2.24) is 4.90 Å². The molecule has 0 unspecified atom stereocenters. The maximum Gasteiger partial charge on any atom is 0.255 e. The van der Waals surface area contributed by atoms with Gasteiger partial charge in [0.25, 0.3) is 5.91 Å². The number of fused-ring (bicyclic) bond motifs is 1. The summed E-state index contributed by atoms with van der Waals surface area (Å²) in [6.07, 6.45) is 8.84. The Balaban J connectivity index is 1.77. The zero-order valence-electron chi connectivity index (χ0n) is 15.3. The van der Waals surface area contributed by atoms with E-state index in [4.69, 9.17) is 9.47 Å². The van der Waals surface area contributed by atoms with E-state index in [1.165, 1.54) is 0 Å². The van der Waals surface area contributed by atoms with E-state index in [0.717, 1.165) is 34.6 Å². The number of ether oxygens (including phenoxy) is 2. The molecule has 0 radical (unpaired) electrons. The van der Waals surface area contributed by atoms with Gasteiger partial charge < -0.3 is 14.4 Å². The first-order valence-corrected chi connectivity index (χ1v) is 8.57. The van der Waals surface area contributed by atoms with Gasteiger partial charge in [0.05, 0.1) is 13.7 Å². The number of rotatable bonds is 4. The molecule has 4 nitrogen and oxygen atoms in total. The summed E-state index contributed by atoms with van der Waals surface area (Å²) in [5.74, 6) is 1.71. The molecule has 1 aromatic carbocycles. The number of nitrogens with zero attached hydrogens (tertiary/aromatic N) is 1. The van der Waals surface area contributed by atoms with Crippen LogP contribution in [0.3, 0.4) is 0 Å². The molecule has 0 saturated heterocycles. The molecule has 0 aromatic heterocycles. The molecule has 1 heterocycles. The number of methoxy groups -OCH3 is 1. The lowest BCUT2D eigenvalue weighted by molar-refractivity contribution is 0.0609. The highest BCUT2D eigenvalue weighted by molar-refractivity contribution is 5.99. The summed E-state index contributed by atoms with van der Waals surface area (Å²) < 4.78 is 11.3. The summed E-state index contributed by atoms with van der Waals surface area (Å²) in [6, 6.07) is 5.72. The van der Waals surface area contributed by atoms with Crippen molar-refractivity contribution < 1.29 is 14.3 Å². The number of allylic oxidation sites excluding steroid dienone is 4. The SMILES string of the molecule is COC1=CC=C(COc2cccc3c2CN(C(C)(C)C)C3=O)CC=C1. The molecule has 0 spiro atoms. The molecule has 1 aliphatic heterocycles. The normalized spacial score (nSPS) is 17.0. The van der Waals surface area contributed by atoms with Gasteiger partial charge in [-0.25, -0.2) is 0 Å². The minimum Gasteiger partial charge on any atom is -0.497 e. The van der Waals surface area contributed by atoms with E-state index < -0.39 is 0 Å². The average Bonchev–Trinajstić information content (AvgIpc) is 2.78. The molecule has 0 N–H and O–H groups in total. The van der Waals surface area contributed by atoms with Crippen LogP contribution >= 0.6 is 0 Å². The van der Waals surface area contributed by atoms with E-state index in [-0.39, 0.29) is 11.4 Å². The van der Waals surface area contributed by atoms with Crippen LogP contribution in [0.5, 0.6) is 5.75 Å². The lowest BCUT2D eigenvalue weighted by atomic mass is 10.1. The average molecular weight is 339 g/mol. The first kappa shape index (κ1) is 17.3. The fraction of sp³-hybridized carbons (Fsp3) is 0.381. The van der Waals surface area contributed by atoms with Gasteiger partial charge in [-0.1, -0.05) is 18.2 Å². The van der Waals surface area contributed by atoms with Crippen molar-refractivity contribution in [3.63, 3.8) is 0 Å². The van der Waals surface area contributed by atoms with Gasteiger partial charge >= 0.3 is 0 Å². The van der Waals surface area contributed by atoms with E-state index in [1.807, 2.05) is 41.3 Å². The van der Waals surface area contributed by atoms with Crippen LogP contribution in [0.1, 0.15) is 43.1 Å². The van der Waals surface area contributed by atoms with E-state index in [0.29, 0.717) is 13.2 Å². The highest BCUT2D eigenvalue weighted by atomic mass is 16.5. The van der Waals surface area contributed by atoms with E-state index in [2.05, 4.69) is 26.8 Å². The Hall–Kier alpha value is -2.49.